The van der Waals surface area contributed by atoms with Gasteiger partial charge in [0.1, 0.15) is 0 Å². The lowest BCUT2D eigenvalue weighted by atomic mass is 9.95. The van der Waals surface area contributed by atoms with Crippen molar-refractivity contribution in [3.8, 4) is 0 Å². The van der Waals surface area contributed by atoms with Gasteiger partial charge < -0.3 is 15.1 Å². The molecule has 1 heterocycles. The Kier molecular flexibility index (Phi) is 4.72. The summed E-state index contributed by atoms with van der Waals surface area (Å²) < 4.78 is 0. The Balaban J connectivity index is 1.58. The summed E-state index contributed by atoms with van der Waals surface area (Å²) in [6.07, 6.45) is 4.86. The van der Waals surface area contributed by atoms with E-state index in [9.17, 15) is 15.0 Å². The van der Waals surface area contributed by atoms with Gasteiger partial charge in [-0.05, 0) is 70.6 Å². The van der Waals surface area contributed by atoms with Crippen molar-refractivity contribution in [2.24, 2.45) is 0 Å². The van der Waals surface area contributed by atoms with Crippen LogP contribution in [0.2, 0.25) is 0 Å². The van der Waals surface area contributed by atoms with Gasteiger partial charge in [0.25, 0.3) is 5.70 Å². The molecule has 5 heteroatoms. The summed E-state index contributed by atoms with van der Waals surface area (Å²) in [6.45, 7) is 7.14. The second kappa shape index (κ2) is 7.57. The number of carboxylic acids is 1. The first kappa shape index (κ1) is 19.3. The van der Waals surface area contributed by atoms with Gasteiger partial charge in [0.2, 0.25) is 0 Å². The first-order valence-corrected chi connectivity index (χ1v) is 10.5. The van der Waals surface area contributed by atoms with Crippen LogP contribution in [0.15, 0.2) is 60.3 Å². The highest BCUT2D eigenvalue weighted by Crippen LogP contribution is 2.52. The molecule has 0 radical (unpaired) electrons. The number of carboxylic acid groups (broad SMARTS) is 1. The fourth-order valence-electron chi connectivity index (χ4n) is 5.13. The maximum atomic E-state index is 11.2. The Morgan fingerprint density at radius 2 is 1.90 bits per heavy atom. The van der Waals surface area contributed by atoms with Crippen molar-refractivity contribution in [1.29, 1.82) is 0 Å². The molecule has 0 saturated heterocycles. The molecule has 0 aromatic heterocycles. The molecule has 5 nitrogen and oxygen atoms in total. The van der Waals surface area contributed by atoms with E-state index in [1.165, 1.54) is 18.1 Å². The van der Waals surface area contributed by atoms with Crippen LogP contribution in [0, 0.1) is 6.57 Å². The molecule has 3 aromatic rings. The van der Waals surface area contributed by atoms with Crippen molar-refractivity contribution in [3.63, 3.8) is 0 Å². The lowest BCUT2D eigenvalue weighted by Gasteiger charge is -2.27. The van der Waals surface area contributed by atoms with E-state index in [0.29, 0.717) is 12.0 Å². The Hall–Kier alpha value is -3.62. The van der Waals surface area contributed by atoms with Crippen LogP contribution >= 0.6 is 0 Å². The number of carbonyl (C=O) groups is 1. The van der Waals surface area contributed by atoms with E-state index < -0.39 is 5.97 Å². The Morgan fingerprint density at radius 1 is 1.10 bits per heavy atom. The molecule has 2 unspecified atom stereocenters. The minimum Gasteiger partial charge on any atom is -0.486 e. The number of anilines is 2. The molecule has 0 amide bonds. The van der Waals surface area contributed by atoms with Crippen LogP contribution in [0.1, 0.15) is 41.9 Å². The van der Waals surface area contributed by atoms with E-state index in [1.807, 2.05) is 18.2 Å². The third-order valence-corrected chi connectivity index (χ3v) is 6.51. The van der Waals surface area contributed by atoms with E-state index in [-0.39, 0.29) is 12.3 Å². The van der Waals surface area contributed by atoms with Crippen LogP contribution in [0.4, 0.5) is 11.4 Å². The monoisotopic (exact) mass is 410 g/mol. The van der Waals surface area contributed by atoms with E-state index >= 15 is 0 Å². The number of rotatable bonds is 4. The van der Waals surface area contributed by atoms with Gasteiger partial charge in [0.05, 0.1) is 13.2 Å². The second-order valence-electron chi connectivity index (χ2n) is 8.26. The SMILES string of the molecule is [C-]#[N+]/C(=C\c1ccc2c(c1)C1CCCC1N2c1ccc2cc(CO)ccc2c1)C(=O)O. The van der Waals surface area contributed by atoms with E-state index in [0.717, 1.165) is 46.1 Å². The van der Waals surface area contributed by atoms with Crippen molar-refractivity contribution in [1.82, 2.24) is 0 Å². The average Bonchev–Trinajstić information content (AvgIpc) is 3.37. The average molecular weight is 410 g/mol. The number of nitrogens with zero attached hydrogens (tertiary/aromatic N) is 2. The third-order valence-electron chi connectivity index (χ3n) is 6.51. The summed E-state index contributed by atoms with van der Waals surface area (Å²) in [4.78, 5) is 16.8. The van der Waals surface area contributed by atoms with Gasteiger partial charge in [0, 0.05) is 23.3 Å². The van der Waals surface area contributed by atoms with Gasteiger partial charge in [-0.3, -0.25) is 4.79 Å². The molecule has 31 heavy (non-hydrogen) atoms. The fraction of sp³-hybridized carbons (Fsp3) is 0.231. The number of benzene rings is 3. The van der Waals surface area contributed by atoms with Crippen molar-refractivity contribution < 1.29 is 15.0 Å². The number of hydrogen-bond donors (Lipinski definition) is 2. The summed E-state index contributed by atoms with van der Waals surface area (Å²) in [5.41, 5.74) is 4.95. The highest BCUT2D eigenvalue weighted by Gasteiger charge is 2.42. The van der Waals surface area contributed by atoms with Crippen molar-refractivity contribution in [3.05, 3.63) is 88.4 Å². The Morgan fingerprint density at radius 3 is 2.68 bits per heavy atom. The zero-order chi connectivity index (χ0) is 21.5. The lowest BCUT2D eigenvalue weighted by molar-refractivity contribution is -0.132. The maximum Gasteiger partial charge on any atom is 0.333 e. The van der Waals surface area contributed by atoms with Crippen LogP contribution < -0.4 is 4.90 Å². The normalized spacial score (nSPS) is 19.9. The molecule has 2 aliphatic rings. The molecular weight excluding hydrogens is 388 g/mol. The number of aliphatic hydroxyl groups excluding tert-OH is 1. The minimum absolute atomic E-state index is 0.0365. The third kappa shape index (κ3) is 3.26. The molecule has 5 rings (SSSR count). The summed E-state index contributed by atoms with van der Waals surface area (Å²) in [6, 6.07) is 18.9. The lowest BCUT2D eigenvalue weighted by Crippen LogP contribution is -2.26. The Labute approximate surface area is 180 Å². The van der Waals surface area contributed by atoms with Crippen molar-refractivity contribution >= 4 is 34.2 Å². The topological polar surface area (TPSA) is 65.1 Å². The van der Waals surface area contributed by atoms with Gasteiger partial charge in [-0.2, -0.15) is 0 Å². The second-order valence-corrected chi connectivity index (χ2v) is 8.26. The molecule has 154 valence electrons. The molecule has 2 atom stereocenters. The van der Waals surface area contributed by atoms with Crippen molar-refractivity contribution in [2.75, 3.05) is 4.90 Å². The molecule has 0 bridgehead atoms. The molecule has 1 aliphatic heterocycles. The minimum atomic E-state index is -1.20. The fourth-order valence-corrected chi connectivity index (χ4v) is 5.13. The van der Waals surface area contributed by atoms with Gasteiger partial charge in [-0.25, -0.2) is 4.85 Å². The van der Waals surface area contributed by atoms with Crippen LogP contribution in [-0.2, 0) is 11.4 Å². The van der Waals surface area contributed by atoms with Gasteiger partial charge in [-0.15, -0.1) is 0 Å². The number of aliphatic hydroxyl groups is 1. The first-order chi connectivity index (χ1) is 15.1. The summed E-state index contributed by atoms with van der Waals surface area (Å²) in [7, 11) is 0. The molecular formula is C26H22N2O3. The summed E-state index contributed by atoms with van der Waals surface area (Å²) >= 11 is 0. The van der Waals surface area contributed by atoms with Crippen LogP contribution in [0.5, 0.6) is 0 Å². The van der Waals surface area contributed by atoms with Crippen molar-refractivity contribution in [2.45, 2.75) is 37.8 Å². The number of fused-ring (bicyclic) bond motifs is 4. The molecule has 0 spiro atoms. The highest BCUT2D eigenvalue weighted by atomic mass is 16.4. The van der Waals surface area contributed by atoms with E-state index in [1.54, 1.807) is 0 Å². The zero-order valence-corrected chi connectivity index (χ0v) is 17.0. The summed E-state index contributed by atoms with van der Waals surface area (Å²) in [5, 5.41) is 20.8. The standard InChI is InChI=1S/C26H22N2O3/c1-27-23(26(30)31)13-16-6-10-25-22(12-16)21-3-2-4-24(21)28(25)20-9-8-18-11-17(15-29)5-7-19(18)14-20/h5-14,21,24,29H,2-4,15H2,(H,30,31)/b23-13-. The number of aliphatic carboxylic acids is 1. The molecule has 2 N–H and O–H groups in total. The maximum absolute atomic E-state index is 11.2. The van der Waals surface area contributed by atoms with Crippen LogP contribution in [0.3, 0.4) is 0 Å². The predicted molar refractivity (Wildman–Crippen MR) is 121 cm³/mol. The molecule has 1 fully saturated rings. The molecule has 3 aromatic carbocycles. The number of hydrogen-bond acceptors (Lipinski definition) is 3. The highest BCUT2D eigenvalue weighted by molar-refractivity contribution is 5.94. The van der Waals surface area contributed by atoms with Crippen LogP contribution in [0.25, 0.3) is 21.7 Å². The molecule has 1 aliphatic carbocycles. The van der Waals surface area contributed by atoms with E-state index in [4.69, 9.17) is 6.57 Å². The van der Waals surface area contributed by atoms with Gasteiger partial charge >= 0.3 is 5.97 Å². The van der Waals surface area contributed by atoms with Gasteiger partial charge in [0.15, 0.2) is 0 Å². The zero-order valence-electron chi connectivity index (χ0n) is 17.0. The van der Waals surface area contributed by atoms with Crippen LogP contribution in [-0.4, -0.2) is 22.2 Å². The first-order valence-electron chi connectivity index (χ1n) is 10.5. The van der Waals surface area contributed by atoms with E-state index in [2.05, 4.69) is 46.1 Å². The van der Waals surface area contributed by atoms with Gasteiger partial charge in [-0.1, -0.05) is 36.8 Å². The quantitative estimate of drug-likeness (QED) is 0.442. The summed E-state index contributed by atoms with van der Waals surface area (Å²) in [5.74, 6) is -0.784. The predicted octanol–water partition coefficient (Wildman–Crippen LogP) is 5.46. The smallest absolute Gasteiger partial charge is 0.333 e. The molecule has 1 saturated carbocycles. The Bertz CT molecular complexity index is 1270. The largest absolute Gasteiger partial charge is 0.486 e.